The van der Waals surface area contributed by atoms with Gasteiger partial charge in [-0.15, -0.1) is 5.10 Å². The normalized spacial score (nSPS) is 11.8. The molecule has 0 aliphatic rings. The van der Waals surface area contributed by atoms with Gasteiger partial charge < -0.3 is 14.8 Å². The second kappa shape index (κ2) is 14.2. The fourth-order valence-electron chi connectivity index (χ4n) is 7.14. The minimum atomic E-state index is -1.44. The van der Waals surface area contributed by atoms with Crippen LogP contribution in [0.2, 0.25) is 0 Å². The third kappa shape index (κ3) is 6.20. The number of nitrogens with zero attached hydrogens (tertiary/aromatic N) is 6. The lowest BCUT2D eigenvalue weighted by atomic mass is 9.77. The molecule has 0 fully saturated rings. The summed E-state index contributed by atoms with van der Waals surface area (Å²) in [7, 11) is 0. The molecule has 5 aromatic carbocycles. The highest BCUT2D eigenvalue weighted by Crippen LogP contribution is 2.43. The zero-order valence-electron chi connectivity index (χ0n) is 29.4. The Morgan fingerprint density at radius 2 is 1.27 bits per heavy atom. The number of carboxylic acid groups (broad SMARTS) is 1. The number of aryl methyl sites for hydroxylation is 1. The van der Waals surface area contributed by atoms with Gasteiger partial charge in [-0.25, -0.2) is 14.5 Å². The quantitative estimate of drug-likeness (QED) is 0.125. The van der Waals surface area contributed by atoms with Crippen LogP contribution in [-0.4, -0.2) is 45.9 Å². The van der Waals surface area contributed by atoms with Gasteiger partial charge in [-0.05, 0) is 70.1 Å². The van der Waals surface area contributed by atoms with Crippen molar-refractivity contribution in [1.82, 2.24) is 29.8 Å². The molecule has 7 rings (SSSR count). The molecule has 2 heterocycles. The Bertz CT molecular complexity index is 2200. The molecule has 2 aromatic heterocycles. The van der Waals surface area contributed by atoms with E-state index in [4.69, 9.17) is 10.3 Å². The van der Waals surface area contributed by atoms with E-state index in [0.29, 0.717) is 18.1 Å². The SMILES string of the molecule is CCCc1nc(C(C)(C)O)c(C(=O)O)n1Cc1ccc(-c2ccccc2)c(-c2nnnn2C(c2ccccc2)(c2ccccc2)c2ccccc2)c1. The number of carbonyl (C=O) groups is 1. The predicted molar refractivity (Wildman–Crippen MR) is 201 cm³/mol. The zero-order valence-corrected chi connectivity index (χ0v) is 29.4. The molecule has 0 radical (unpaired) electrons. The van der Waals surface area contributed by atoms with Gasteiger partial charge in [-0.1, -0.05) is 140 Å². The van der Waals surface area contributed by atoms with Crippen molar-refractivity contribution in [3.8, 4) is 22.5 Å². The monoisotopic (exact) mass is 688 g/mol. The van der Waals surface area contributed by atoms with E-state index in [9.17, 15) is 15.0 Å². The molecule has 0 saturated carbocycles. The van der Waals surface area contributed by atoms with Gasteiger partial charge >= 0.3 is 5.97 Å². The van der Waals surface area contributed by atoms with Crippen molar-refractivity contribution in [3.05, 3.63) is 179 Å². The molecule has 9 heteroatoms. The van der Waals surface area contributed by atoms with Crippen molar-refractivity contribution in [2.24, 2.45) is 0 Å². The number of aromatic nitrogens is 6. The summed E-state index contributed by atoms with van der Waals surface area (Å²) in [6.07, 6.45) is 1.31. The third-order valence-electron chi connectivity index (χ3n) is 9.41. The Kier molecular flexibility index (Phi) is 9.36. The van der Waals surface area contributed by atoms with Crippen LogP contribution in [0.4, 0.5) is 0 Å². The van der Waals surface area contributed by atoms with Crippen LogP contribution in [0.3, 0.4) is 0 Å². The second-order valence-electron chi connectivity index (χ2n) is 13.4. The van der Waals surface area contributed by atoms with Crippen LogP contribution in [0.25, 0.3) is 22.5 Å². The van der Waals surface area contributed by atoms with Crippen LogP contribution < -0.4 is 0 Å². The smallest absolute Gasteiger partial charge is 0.354 e. The van der Waals surface area contributed by atoms with E-state index in [1.807, 2.05) is 103 Å². The summed E-state index contributed by atoms with van der Waals surface area (Å²) >= 11 is 0. The van der Waals surface area contributed by atoms with Crippen LogP contribution in [0.15, 0.2) is 140 Å². The first-order valence-electron chi connectivity index (χ1n) is 17.4. The molecular weight excluding hydrogens is 649 g/mol. The minimum Gasteiger partial charge on any atom is -0.477 e. The second-order valence-corrected chi connectivity index (χ2v) is 13.4. The molecule has 0 aliphatic carbocycles. The Hall–Kier alpha value is -6.19. The number of tetrazole rings is 1. The lowest BCUT2D eigenvalue weighted by molar-refractivity contribution is 0.0602. The van der Waals surface area contributed by atoms with E-state index in [1.54, 1.807) is 18.4 Å². The maximum Gasteiger partial charge on any atom is 0.354 e. The summed E-state index contributed by atoms with van der Waals surface area (Å²) in [6.45, 7) is 5.36. The highest BCUT2D eigenvalue weighted by Gasteiger charge is 2.42. The summed E-state index contributed by atoms with van der Waals surface area (Å²) in [4.78, 5) is 17.4. The minimum absolute atomic E-state index is 0.0225. The molecule has 52 heavy (non-hydrogen) atoms. The van der Waals surface area contributed by atoms with Crippen molar-refractivity contribution in [2.45, 2.75) is 51.3 Å². The van der Waals surface area contributed by atoms with E-state index < -0.39 is 17.1 Å². The Labute approximate surface area is 302 Å². The highest BCUT2D eigenvalue weighted by atomic mass is 16.4. The maximum absolute atomic E-state index is 12.7. The summed E-state index contributed by atoms with van der Waals surface area (Å²) < 4.78 is 3.62. The number of aliphatic hydroxyl groups is 1. The van der Waals surface area contributed by atoms with E-state index in [0.717, 1.165) is 45.4 Å². The van der Waals surface area contributed by atoms with Crippen LogP contribution in [0.1, 0.15) is 71.5 Å². The van der Waals surface area contributed by atoms with E-state index in [1.165, 1.54) is 0 Å². The van der Waals surface area contributed by atoms with Gasteiger partial charge in [0.1, 0.15) is 22.7 Å². The highest BCUT2D eigenvalue weighted by molar-refractivity contribution is 5.88. The number of carboxylic acids is 1. The number of aromatic carboxylic acids is 1. The fraction of sp³-hybridized carbons (Fsp3) is 0.186. The van der Waals surface area contributed by atoms with Crippen LogP contribution in [0.5, 0.6) is 0 Å². The van der Waals surface area contributed by atoms with Gasteiger partial charge in [0.2, 0.25) is 0 Å². The third-order valence-corrected chi connectivity index (χ3v) is 9.41. The molecule has 0 unspecified atom stereocenters. The van der Waals surface area contributed by atoms with Crippen LogP contribution in [-0.2, 0) is 24.1 Å². The Morgan fingerprint density at radius 3 is 1.77 bits per heavy atom. The van der Waals surface area contributed by atoms with Crippen molar-refractivity contribution >= 4 is 5.97 Å². The molecule has 7 aromatic rings. The molecule has 9 nitrogen and oxygen atoms in total. The largest absolute Gasteiger partial charge is 0.477 e. The lowest BCUT2D eigenvalue weighted by Crippen LogP contribution is -2.39. The number of imidazole rings is 1. The molecule has 0 atom stereocenters. The molecule has 0 amide bonds. The molecule has 0 bridgehead atoms. The van der Waals surface area contributed by atoms with Gasteiger partial charge in [-0.3, -0.25) is 0 Å². The van der Waals surface area contributed by atoms with Gasteiger partial charge in [0.05, 0.1) is 0 Å². The fourth-order valence-corrected chi connectivity index (χ4v) is 7.14. The number of hydrogen-bond donors (Lipinski definition) is 2. The van der Waals surface area contributed by atoms with Gasteiger partial charge in [-0.2, -0.15) is 0 Å². The summed E-state index contributed by atoms with van der Waals surface area (Å²) in [6, 6.07) is 46.9. The van der Waals surface area contributed by atoms with Gasteiger partial charge in [0.15, 0.2) is 11.5 Å². The van der Waals surface area contributed by atoms with Crippen LogP contribution >= 0.6 is 0 Å². The van der Waals surface area contributed by atoms with Crippen molar-refractivity contribution in [2.75, 3.05) is 0 Å². The van der Waals surface area contributed by atoms with E-state index >= 15 is 0 Å². The lowest BCUT2D eigenvalue weighted by Gasteiger charge is -2.36. The first-order valence-corrected chi connectivity index (χ1v) is 17.4. The van der Waals surface area contributed by atoms with Crippen LogP contribution in [0, 0.1) is 0 Å². The first-order chi connectivity index (χ1) is 25.2. The molecule has 2 N–H and O–H groups in total. The molecular formula is C43H40N6O3. The molecule has 0 aliphatic heterocycles. The summed E-state index contributed by atoms with van der Waals surface area (Å²) in [5.74, 6) is -0.00507. The first kappa shape index (κ1) is 34.3. The van der Waals surface area contributed by atoms with E-state index in [-0.39, 0.29) is 17.9 Å². The Morgan fingerprint density at radius 1 is 0.731 bits per heavy atom. The average molecular weight is 689 g/mol. The van der Waals surface area contributed by atoms with Crippen molar-refractivity contribution in [1.29, 1.82) is 0 Å². The number of benzene rings is 5. The predicted octanol–water partition coefficient (Wildman–Crippen LogP) is 7.97. The standard InChI is InChI=1S/C43H40N6O3/c1-4-17-37-44-39(42(2,3)52)38(41(50)51)48(37)29-30-26-27-35(31-18-9-5-10-19-31)36(28-30)40-45-46-47-49(40)43(32-20-11-6-12-21-32,33-22-13-7-14-23-33)34-24-15-8-16-25-34/h5-16,18-28,52H,4,17,29H2,1-3H3,(H,50,51). The maximum atomic E-state index is 12.7. The molecule has 0 spiro atoms. The molecule has 0 saturated heterocycles. The Balaban J connectivity index is 1.50. The van der Waals surface area contributed by atoms with Crippen molar-refractivity contribution in [3.63, 3.8) is 0 Å². The number of rotatable bonds is 12. The van der Waals surface area contributed by atoms with E-state index in [2.05, 4.69) is 58.7 Å². The topological polar surface area (TPSA) is 119 Å². The summed E-state index contributed by atoms with van der Waals surface area (Å²) in [5, 5.41) is 35.2. The zero-order chi connectivity index (χ0) is 36.3. The van der Waals surface area contributed by atoms with Gasteiger partial charge in [0, 0.05) is 18.5 Å². The van der Waals surface area contributed by atoms with Crippen molar-refractivity contribution < 1.29 is 15.0 Å². The number of hydrogen-bond acceptors (Lipinski definition) is 6. The summed E-state index contributed by atoms with van der Waals surface area (Å²) in [5.41, 5.74) is 4.14. The van der Waals surface area contributed by atoms with Gasteiger partial charge in [0.25, 0.3) is 0 Å². The average Bonchev–Trinajstić information content (AvgIpc) is 3.80. The molecule has 260 valence electrons.